The van der Waals surface area contributed by atoms with Crippen LogP contribution in [0, 0.1) is 0 Å². The van der Waals surface area contributed by atoms with Gasteiger partial charge < -0.3 is 24.5 Å². The minimum atomic E-state index is -0.630. The largest absolute Gasteiger partial charge is 0.392 e. The first-order valence-electron chi connectivity index (χ1n) is 13.0. The van der Waals surface area contributed by atoms with Crippen molar-refractivity contribution in [3.8, 4) is 0 Å². The number of para-hydroxylation sites is 2. The number of fused-ring (bicyclic) bond motifs is 1. The molecule has 2 N–H and O–H groups in total. The molecule has 1 aromatic heterocycles. The highest BCUT2D eigenvalue weighted by molar-refractivity contribution is 6.04. The molecular weight excluding hydrogens is 490 g/mol. The average Bonchev–Trinajstić information content (AvgIpc) is 3.40. The minimum absolute atomic E-state index is 0.00460. The molecule has 5 aromatic rings. The van der Waals surface area contributed by atoms with Crippen molar-refractivity contribution in [1.29, 1.82) is 0 Å². The maximum Gasteiger partial charge on any atom is 0.255 e. The standard InChI is InChI=1S/C32H29N3O4/c36-20-22-13-15-23(16-14-22)30-18-27(19-35-21-33-28-11-4-5-12-29(28)35)38-32(39-30)25-9-6-10-26(17-25)34-31(37)24-7-2-1-3-8-24/h1-17,21,27,30,32,36H,18-20H2,(H,34,37)/t27-,30+,32+/m0/s1. The highest BCUT2D eigenvalue weighted by Gasteiger charge is 2.32. The molecule has 1 aliphatic rings. The number of hydrogen-bond donors (Lipinski definition) is 2. The summed E-state index contributed by atoms with van der Waals surface area (Å²) in [6, 6.07) is 32.6. The van der Waals surface area contributed by atoms with Crippen molar-refractivity contribution in [1.82, 2.24) is 9.55 Å². The molecule has 7 heteroatoms. The summed E-state index contributed by atoms with van der Waals surface area (Å²) < 4.78 is 15.1. The second-order valence-electron chi connectivity index (χ2n) is 9.68. The molecule has 4 aromatic carbocycles. The van der Waals surface area contributed by atoms with Gasteiger partial charge in [0.05, 0.1) is 42.7 Å². The molecule has 1 amide bonds. The number of rotatable bonds is 7. The van der Waals surface area contributed by atoms with Crippen LogP contribution in [0.5, 0.6) is 0 Å². The number of benzene rings is 4. The molecule has 0 radical (unpaired) electrons. The van der Waals surface area contributed by atoms with Crippen molar-refractivity contribution < 1.29 is 19.4 Å². The summed E-state index contributed by atoms with van der Waals surface area (Å²) in [5.74, 6) is -0.176. The van der Waals surface area contributed by atoms with Crippen LogP contribution in [0.25, 0.3) is 11.0 Å². The molecule has 3 atom stereocenters. The van der Waals surface area contributed by atoms with Crippen molar-refractivity contribution in [2.75, 3.05) is 5.32 Å². The predicted molar refractivity (Wildman–Crippen MR) is 149 cm³/mol. The van der Waals surface area contributed by atoms with E-state index in [9.17, 15) is 9.90 Å². The van der Waals surface area contributed by atoms with Gasteiger partial charge in [0.2, 0.25) is 0 Å². The third-order valence-corrected chi connectivity index (χ3v) is 7.00. The first-order valence-corrected chi connectivity index (χ1v) is 13.0. The van der Waals surface area contributed by atoms with Crippen LogP contribution in [-0.4, -0.2) is 26.7 Å². The second-order valence-corrected chi connectivity index (χ2v) is 9.68. The molecular formula is C32H29N3O4. The number of carbonyl (C=O) groups excluding carboxylic acids is 1. The molecule has 0 aliphatic carbocycles. The molecule has 7 nitrogen and oxygen atoms in total. The molecule has 0 saturated carbocycles. The number of hydrogen-bond acceptors (Lipinski definition) is 5. The number of amides is 1. The van der Waals surface area contributed by atoms with Gasteiger partial charge in [-0.1, -0.05) is 66.7 Å². The summed E-state index contributed by atoms with van der Waals surface area (Å²) >= 11 is 0. The molecule has 1 fully saturated rings. The Morgan fingerprint density at radius 1 is 0.897 bits per heavy atom. The fourth-order valence-corrected chi connectivity index (χ4v) is 4.96. The number of imidazole rings is 1. The van der Waals surface area contributed by atoms with Crippen molar-refractivity contribution in [2.24, 2.45) is 0 Å². The van der Waals surface area contributed by atoms with E-state index in [0.717, 1.165) is 27.7 Å². The second kappa shape index (κ2) is 11.2. The Balaban J connectivity index is 1.27. The van der Waals surface area contributed by atoms with Gasteiger partial charge in [0.1, 0.15) is 0 Å². The third-order valence-electron chi connectivity index (χ3n) is 7.00. The van der Waals surface area contributed by atoms with Gasteiger partial charge in [0.15, 0.2) is 6.29 Å². The summed E-state index contributed by atoms with van der Waals surface area (Å²) in [5.41, 5.74) is 5.95. The van der Waals surface area contributed by atoms with Crippen LogP contribution < -0.4 is 5.32 Å². The van der Waals surface area contributed by atoms with E-state index in [1.807, 2.05) is 91.3 Å². The molecule has 2 heterocycles. The first-order chi connectivity index (χ1) is 19.2. The Kier molecular flexibility index (Phi) is 7.19. The molecule has 39 heavy (non-hydrogen) atoms. The predicted octanol–water partition coefficient (Wildman–Crippen LogP) is 6.03. The molecule has 0 bridgehead atoms. The normalized spacial score (nSPS) is 19.2. The van der Waals surface area contributed by atoms with Crippen molar-refractivity contribution in [2.45, 2.75) is 38.1 Å². The third kappa shape index (κ3) is 5.61. The average molecular weight is 520 g/mol. The number of ether oxygens (including phenoxy) is 2. The van der Waals surface area contributed by atoms with Gasteiger partial charge in [0, 0.05) is 23.2 Å². The SMILES string of the molecule is O=C(Nc1cccc([C@@H]2O[C@H](Cn3cnc4ccccc43)C[C@H](c3ccc(CO)cc3)O2)c1)c1ccccc1. The minimum Gasteiger partial charge on any atom is -0.392 e. The van der Waals surface area contributed by atoms with Gasteiger partial charge in [-0.2, -0.15) is 0 Å². The maximum absolute atomic E-state index is 12.7. The van der Waals surface area contributed by atoms with E-state index in [-0.39, 0.29) is 24.7 Å². The molecule has 0 unspecified atom stereocenters. The van der Waals surface area contributed by atoms with Gasteiger partial charge in [-0.05, 0) is 47.5 Å². The van der Waals surface area contributed by atoms with Gasteiger partial charge >= 0.3 is 0 Å². The van der Waals surface area contributed by atoms with E-state index in [4.69, 9.17) is 9.47 Å². The first kappa shape index (κ1) is 25.0. The monoisotopic (exact) mass is 519 g/mol. The van der Waals surface area contributed by atoms with Crippen LogP contribution in [0.15, 0.2) is 109 Å². The lowest BCUT2D eigenvalue weighted by molar-refractivity contribution is -0.252. The Morgan fingerprint density at radius 3 is 2.51 bits per heavy atom. The Labute approximate surface area is 226 Å². The number of aromatic nitrogens is 2. The summed E-state index contributed by atoms with van der Waals surface area (Å²) in [7, 11) is 0. The Bertz CT molecular complexity index is 1570. The van der Waals surface area contributed by atoms with Crippen LogP contribution in [0.1, 0.15) is 45.9 Å². The molecule has 0 spiro atoms. The van der Waals surface area contributed by atoms with Crippen LogP contribution in [0.2, 0.25) is 0 Å². The summed E-state index contributed by atoms with van der Waals surface area (Å²) in [6.07, 6.45) is 1.52. The van der Waals surface area contributed by atoms with Crippen LogP contribution in [0.3, 0.4) is 0 Å². The van der Waals surface area contributed by atoms with E-state index in [1.54, 1.807) is 12.1 Å². The van der Waals surface area contributed by atoms with Gasteiger partial charge in [0.25, 0.3) is 5.91 Å². The van der Waals surface area contributed by atoms with Crippen molar-refractivity contribution in [3.05, 3.63) is 132 Å². The number of carbonyl (C=O) groups is 1. The lowest BCUT2D eigenvalue weighted by Crippen LogP contribution is -2.32. The lowest BCUT2D eigenvalue weighted by Gasteiger charge is -2.36. The topological polar surface area (TPSA) is 85.6 Å². The Hall–Kier alpha value is -4.30. The highest BCUT2D eigenvalue weighted by atomic mass is 16.7. The molecule has 1 saturated heterocycles. The summed E-state index contributed by atoms with van der Waals surface area (Å²) in [4.78, 5) is 17.3. The molecule has 196 valence electrons. The van der Waals surface area contributed by atoms with E-state index in [0.29, 0.717) is 24.2 Å². The number of nitrogens with zero attached hydrogens (tertiary/aromatic N) is 2. The fourth-order valence-electron chi connectivity index (χ4n) is 4.96. The van der Waals surface area contributed by atoms with Crippen molar-refractivity contribution in [3.63, 3.8) is 0 Å². The number of aliphatic hydroxyl groups is 1. The summed E-state index contributed by atoms with van der Waals surface area (Å²) in [5, 5.41) is 12.4. The fraction of sp³-hybridized carbons (Fsp3) is 0.188. The van der Waals surface area contributed by atoms with E-state index in [2.05, 4.69) is 20.9 Å². The van der Waals surface area contributed by atoms with E-state index >= 15 is 0 Å². The molecule has 6 rings (SSSR count). The maximum atomic E-state index is 12.7. The number of aliphatic hydroxyl groups excluding tert-OH is 1. The highest BCUT2D eigenvalue weighted by Crippen LogP contribution is 2.39. The van der Waals surface area contributed by atoms with E-state index < -0.39 is 6.29 Å². The quantitative estimate of drug-likeness (QED) is 0.274. The van der Waals surface area contributed by atoms with Crippen LogP contribution >= 0.6 is 0 Å². The zero-order chi connectivity index (χ0) is 26.6. The van der Waals surface area contributed by atoms with Gasteiger partial charge in [-0.25, -0.2) is 4.98 Å². The van der Waals surface area contributed by atoms with E-state index in [1.165, 1.54) is 0 Å². The van der Waals surface area contributed by atoms with Crippen LogP contribution in [0.4, 0.5) is 5.69 Å². The van der Waals surface area contributed by atoms with Crippen LogP contribution in [-0.2, 0) is 22.6 Å². The Morgan fingerprint density at radius 2 is 1.69 bits per heavy atom. The van der Waals surface area contributed by atoms with Gasteiger partial charge in [-0.3, -0.25) is 4.79 Å². The van der Waals surface area contributed by atoms with Crippen molar-refractivity contribution >= 4 is 22.6 Å². The van der Waals surface area contributed by atoms with Gasteiger partial charge in [-0.15, -0.1) is 0 Å². The zero-order valence-corrected chi connectivity index (χ0v) is 21.3. The summed E-state index contributed by atoms with van der Waals surface area (Å²) in [6.45, 7) is 0.616. The number of nitrogens with one attached hydrogen (secondary N) is 1. The smallest absolute Gasteiger partial charge is 0.255 e. The zero-order valence-electron chi connectivity index (χ0n) is 21.3. The lowest BCUT2D eigenvalue weighted by atomic mass is 10.00. The number of anilines is 1. The molecule has 1 aliphatic heterocycles.